The summed E-state index contributed by atoms with van der Waals surface area (Å²) in [5.74, 6) is 1.80. The Kier molecular flexibility index (Phi) is 5.19. The van der Waals surface area contributed by atoms with Gasteiger partial charge in [-0.15, -0.1) is 0 Å². The Morgan fingerprint density at radius 2 is 1.85 bits per heavy atom. The van der Waals surface area contributed by atoms with E-state index >= 15 is 0 Å². The monoisotopic (exact) mass is 269 g/mol. The molecule has 0 amide bonds. The lowest BCUT2D eigenvalue weighted by Gasteiger charge is -2.14. The number of benzene rings is 2. The summed E-state index contributed by atoms with van der Waals surface area (Å²) in [6, 6.07) is 16.6. The lowest BCUT2D eigenvalue weighted by Crippen LogP contribution is -2.21. The van der Waals surface area contributed by atoms with Gasteiger partial charge in [0.15, 0.2) is 0 Å². The zero-order chi connectivity index (χ0) is 14.4. The summed E-state index contributed by atoms with van der Waals surface area (Å²) in [6.07, 6.45) is 2.83. The molecule has 2 aromatic rings. The summed E-state index contributed by atoms with van der Waals surface area (Å²) >= 11 is 0. The predicted molar refractivity (Wildman–Crippen MR) is 84.3 cm³/mol. The van der Waals surface area contributed by atoms with Crippen LogP contribution >= 0.6 is 0 Å². The molecule has 0 saturated heterocycles. The first-order valence-corrected chi connectivity index (χ1v) is 7.33. The Balaban J connectivity index is 2.19. The Bertz CT molecular complexity index is 551. The van der Waals surface area contributed by atoms with Crippen LogP contribution in [0.5, 0.6) is 11.5 Å². The SMILES string of the molecule is CCc1cccc(Oc2ccccc2CC(N)CC)c1. The molecule has 0 saturated carbocycles. The van der Waals surface area contributed by atoms with Gasteiger partial charge in [0.2, 0.25) is 0 Å². The molecule has 0 bridgehead atoms. The third kappa shape index (κ3) is 3.84. The van der Waals surface area contributed by atoms with Crippen LogP contribution in [0.25, 0.3) is 0 Å². The van der Waals surface area contributed by atoms with Crippen molar-refractivity contribution in [3.8, 4) is 11.5 Å². The molecule has 106 valence electrons. The van der Waals surface area contributed by atoms with Crippen molar-refractivity contribution >= 4 is 0 Å². The molecule has 0 aliphatic heterocycles. The summed E-state index contributed by atoms with van der Waals surface area (Å²) in [4.78, 5) is 0. The van der Waals surface area contributed by atoms with Crippen molar-refractivity contribution in [2.75, 3.05) is 0 Å². The molecular formula is C18H23NO. The Hall–Kier alpha value is -1.80. The van der Waals surface area contributed by atoms with Crippen molar-refractivity contribution in [2.45, 2.75) is 39.2 Å². The highest BCUT2D eigenvalue weighted by Gasteiger charge is 2.08. The molecule has 2 aromatic carbocycles. The van der Waals surface area contributed by atoms with Crippen molar-refractivity contribution in [2.24, 2.45) is 5.73 Å². The van der Waals surface area contributed by atoms with Crippen molar-refractivity contribution in [1.82, 2.24) is 0 Å². The fourth-order valence-electron chi connectivity index (χ4n) is 2.15. The van der Waals surface area contributed by atoms with Crippen molar-refractivity contribution in [1.29, 1.82) is 0 Å². The fourth-order valence-corrected chi connectivity index (χ4v) is 2.15. The summed E-state index contributed by atoms with van der Waals surface area (Å²) in [5, 5.41) is 0. The normalized spacial score (nSPS) is 12.2. The molecule has 2 nitrogen and oxygen atoms in total. The average Bonchev–Trinajstić information content (AvgIpc) is 2.49. The van der Waals surface area contributed by atoms with Gasteiger partial charge in [-0.25, -0.2) is 0 Å². The standard InChI is InChI=1S/C18H23NO/c1-3-14-8-7-10-17(12-14)20-18-11-6-5-9-15(18)13-16(19)4-2/h5-12,16H,3-4,13,19H2,1-2H3. The minimum atomic E-state index is 0.182. The Morgan fingerprint density at radius 1 is 1.05 bits per heavy atom. The molecule has 2 N–H and O–H groups in total. The van der Waals surface area contributed by atoms with Crippen LogP contribution in [-0.2, 0) is 12.8 Å². The van der Waals surface area contributed by atoms with E-state index in [1.165, 1.54) is 11.1 Å². The largest absolute Gasteiger partial charge is 0.457 e. The number of ether oxygens (including phenoxy) is 1. The van der Waals surface area contributed by atoms with E-state index in [1.54, 1.807) is 0 Å². The molecule has 0 heterocycles. The minimum Gasteiger partial charge on any atom is -0.457 e. The van der Waals surface area contributed by atoms with E-state index < -0.39 is 0 Å². The molecular weight excluding hydrogens is 246 g/mol. The minimum absolute atomic E-state index is 0.182. The summed E-state index contributed by atoms with van der Waals surface area (Å²) in [6.45, 7) is 4.26. The third-order valence-corrected chi connectivity index (χ3v) is 3.51. The van der Waals surface area contributed by atoms with Gasteiger partial charge in [-0.05, 0) is 48.6 Å². The highest BCUT2D eigenvalue weighted by molar-refractivity contribution is 5.39. The first kappa shape index (κ1) is 14.6. The van der Waals surface area contributed by atoms with Crippen LogP contribution in [0.15, 0.2) is 48.5 Å². The molecule has 0 aliphatic rings. The molecule has 0 fully saturated rings. The maximum absolute atomic E-state index is 6.06. The van der Waals surface area contributed by atoms with E-state index in [1.807, 2.05) is 30.3 Å². The molecule has 0 radical (unpaired) electrons. The number of aryl methyl sites for hydroxylation is 1. The second-order valence-corrected chi connectivity index (χ2v) is 5.08. The van der Waals surface area contributed by atoms with E-state index in [2.05, 4.69) is 32.0 Å². The highest BCUT2D eigenvalue weighted by atomic mass is 16.5. The van der Waals surface area contributed by atoms with E-state index in [0.29, 0.717) is 0 Å². The van der Waals surface area contributed by atoms with Crippen LogP contribution in [0.3, 0.4) is 0 Å². The number of rotatable bonds is 6. The zero-order valence-corrected chi connectivity index (χ0v) is 12.3. The molecule has 0 aromatic heterocycles. The van der Waals surface area contributed by atoms with Crippen LogP contribution in [0.1, 0.15) is 31.4 Å². The fraction of sp³-hybridized carbons (Fsp3) is 0.333. The number of hydrogen-bond acceptors (Lipinski definition) is 2. The van der Waals surface area contributed by atoms with Gasteiger partial charge in [-0.2, -0.15) is 0 Å². The predicted octanol–water partition coefficient (Wildman–Crippen LogP) is 4.32. The van der Waals surface area contributed by atoms with Gasteiger partial charge in [-0.3, -0.25) is 0 Å². The van der Waals surface area contributed by atoms with Crippen LogP contribution in [0.2, 0.25) is 0 Å². The van der Waals surface area contributed by atoms with Gasteiger partial charge in [0.1, 0.15) is 11.5 Å². The third-order valence-electron chi connectivity index (χ3n) is 3.51. The Labute approximate surface area is 121 Å². The molecule has 1 atom stereocenters. The van der Waals surface area contributed by atoms with Crippen LogP contribution in [-0.4, -0.2) is 6.04 Å². The summed E-state index contributed by atoms with van der Waals surface area (Å²) < 4.78 is 6.04. The maximum atomic E-state index is 6.06. The van der Waals surface area contributed by atoms with Crippen LogP contribution < -0.4 is 10.5 Å². The van der Waals surface area contributed by atoms with Crippen molar-refractivity contribution in [3.63, 3.8) is 0 Å². The summed E-state index contributed by atoms with van der Waals surface area (Å²) in [7, 11) is 0. The van der Waals surface area contributed by atoms with Gasteiger partial charge in [-0.1, -0.05) is 44.2 Å². The first-order valence-electron chi connectivity index (χ1n) is 7.33. The molecule has 2 rings (SSSR count). The highest BCUT2D eigenvalue weighted by Crippen LogP contribution is 2.27. The van der Waals surface area contributed by atoms with E-state index in [9.17, 15) is 0 Å². The van der Waals surface area contributed by atoms with Gasteiger partial charge >= 0.3 is 0 Å². The number of nitrogens with two attached hydrogens (primary N) is 1. The maximum Gasteiger partial charge on any atom is 0.130 e. The molecule has 0 spiro atoms. The summed E-state index contributed by atoms with van der Waals surface area (Å²) in [5.41, 5.74) is 8.51. The topological polar surface area (TPSA) is 35.2 Å². The molecule has 2 heteroatoms. The Morgan fingerprint density at radius 3 is 2.60 bits per heavy atom. The lowest BCUT2D eigenvalue weighted by atomic mass is 10.0. The zero-order valence-electron chi connectivity index (χ0n) is 12.3. The van der Waals surface area contributed by atoms with Crippen molar-refractivity contribution in [3.05, 3.63) is 59.7 Å². The van der Waals surface area contributed by atoms with Gasteiger partial charge in [0.05, 0.1) is 0 Å². The quantitative estimate of drug-likeness (QED) is 0.847. The second-order valence-electron chi connectivity index (χ2n) is 5.08. The molecule has 20 heavy (non-hydrogen) atoms. The van der Waals surface area contributed by atoms with Gasteiger partial charge in [0.25, 0.3) is 0 Å². The smallest absolute Gasteiger partial charge is 0.130 e. The second kappa shape index (κ2) is 7.11. The van der Waals surface area contributed by atoms with Gasteiger partial charge in [0, 0.05) is 6.04 Å². The van der Waals surface area contributed by atoms with Crippen LogP contribution in [0, 0.1) is 0 Å². The van der Waals surface area contributed by atoms with E-state index in [0.717, 1.165) is 30.8 Å². The van der Waals surface area contributed by atoms with Crippen molar-refractivity contribution < 1.29 is 4.74 Å². The lowest BCUT2D eigenvalue weighted by molar-refractivity contribution is 0.471. The van der Waals surface area contributed by atoms with E-state index in [4.69, 9.17) is 10.5 Å². The molecule has 1 unspecified atom stereocenters. The molecule has 0 aliphatic carbocycles. The first-order chi connectivity index (χ1) is 9.72. The number of para-hydroxylation sites is 1. The average molecular weight is 269 g/mol. The van der Waals surface area contributed by atoms with E-state index in [-0.39, 0.29) is 6.04 Å². The van der Waals surface area contributed by atoms with Gasteiger partial charge < -0.3 is 10.5 Å². The van der Waals surface area contributed by atoms with Crippen LogP contribution in [0.4, 0.5) is 0 Å². The number of hydrogen-bond donors (Lipinski definition) is 1.